The number of alkyl halides is 6. The summed E-state index contributed by atoms with van der Waals surface area (Å²) in [6.45, 7) is -0.954. The molecule has 5 nitrogen and oxygen atoms in total. The Kier molecular flexibility index (Phi) is 10.3. The van der Waals surface area contributed by atoms with Crippen LogP contribution in [0.1, 0.15) is 55.2 Å². The molecule has 0 spiro atoms. The molecule has 49 heavy (non-hydrogen) atoms. The summed E-state index contributed by atoms with van der Waals surface area (Å²) >= 11 is 0. The second-order valence-corrected chi connectivity index (χ2v) is 14.6. The van der Waals surface area contributed by atoms with Crippen LogP contribution in [0, 0.1) is 29.3 Å². The van der Waals surface area contributed by atoms with E-state index in [2.05, 4.69) is 4.74 Å². The second kappa shape index (κ2) is 13.7. The minimum Gasteiger partial charge on any atom is -0.381 e. The number of carbonyl (C=O) groups is 1. The minimum absolute atomic E-state index is 0.00907. The highest BCUT2D eigenvalue weighted by Gasteiger charge is 2.73. The summed E-state index contributed by atoms with van der Waals surface area (Å²) in [6, 6.07) is 8.48. The molecule has 1 aliphatic heterocycles. The Balaban J connectivity index is 1.56. The van der Waals surface area contributed by atoms with E-state index < -0.39 is 73.6 Å². The number of carbonyl (C=O) groups excluding carboxylic acids is 1. The van der Waals surface area contributed by atoms with Crippen LogP contribution in [0.2, 0.25) is 0 Å². The molecule has 0 aromatic heterocycles. The van der Waals surface area contributed by atoms with E-state index in [0.29, 0.717) is 50.3 Å². The van der Waals surface area contributed by atoms with Gasteiger partial charge in [0.25, 0.3) is 5.60 Å². The first-order valence-corrected chi connectivity index (χ1v) is 16.8. The lowest BCUT2D eigenvalue weighted by Gasteiger charge is -2.38. The summed E-state index contributed by atoms with van der Waals surface area (Å²) in [6.07, 6.45) is -11.5. The number of halogens is 9. The Labute approximate surface area is 276 Å². The molecule has 5 rings (SSSR count). The lowest BCUT2D eigenvalue weighted by Crippen LogP contribution is -2.56. The number of ether oxygens (including phenoxy) is 2. The number of sulfone groups is 1. The van der Waals surface area contributed by atoms with E-state index in [1.807, 2.05) is 0 Å². The van der Waals surface area contributed by atoms with Crippen molar-refractivity contribution >= 4 is 15.6 Å². The molecule has 2 aliphatic rings. The monoisotopic (exact) mass is 722 g/mol. The molecule has 3 aromatic carbocycles. The van der Waals surface area contributed by atoms with Crippen LogP contribution in [-0.2, 0) is 41.1 Å². The van der Waals surface area contributed by atoms with Gasteiger partial charge in [0.1, 0.15) is 28.0 Å². The molecule has 1 saturated carbocycles. The molecule has 2 fully saturated rings. The first-order chi connectivity index (χ1) is 22.9. The Bertz CT molecular complexity index is 1720. The number of benzene rings is 3. The third-order valence-electron chi connectivity index (χ3n) is 9.49. The van der Waals surface area contributed by atoms with E-state index in [-0.39, 0.29) is 47.8 Å². The Morgan fingerprint density at radius 1 is 0.816 bits per heavy atom. The normalized spacial score (nSPS) is 21.2. The van der Waals surface area contributed by atoms with Crippen LogP contribution < -0.4 is 0 Å². The largest absolute Gasteiger partial charge is 0.430 e. The maximum Gasteiger partial charge on any atom is 0.430 e. The van der Waals surface area contributed by atoms with Gasteiger partial charge in [0, 0.05) is 36.7 Å². The molecule has 0 N–H and O–H groups in total. The molecule has 2 unspecified atom stereocenters. The topological polar surface area (TPSA) is 69.7 Å². The van der Waals surface area contributed by atoms with Crippen molar-refractivity contribution in [3.63, 3.8) is 0 Å². The maximum atomic E-state index is 14.5. The van der Waals surface area contributed by atoms with Crippen LogP contribution in [-0.4, -0.2) is 39.8 Å². The van der Waals surface area contributed by atoms with Crippen LogP contribution in [0.25, 0.3) is 0 Å². The average Bonchev–Trinajstić information content (AvgIpc) is 3.47. The third-order valence-corrected chi connectivity index (χ3v) is 12.0. The smallest absolute Gasteiger partial charge is 0.381 e. The maximum absolute atomic E-state index is 14.5. The van der Waals surface area contributed by atoms with Gasteiger partial charge in [-0.15, -0.1) is 0 Å². The van der Waals surface area contributed by atoms with E-state index in [1.165, 1.54) is 0 Å². The Morgan fingerprint density at radius 3 is 1.94 bits per heavy atom. The van der Waals surface area contributed by atoms with Crippen molar-refractivity contribution in [2.24, 2.45) is 11.8 Å². The van der Waals surface area contributed by atoms with Gasteiger partial charge >= 0.3 is 12.4 Å². The molecule has 266 valence electrons. The molecule has 3 aromatic rings. The van der Waals surface area contributed by atoms with Crippen molar-refractivity contribution in [2.45, 2.75) is 72.7 Å². The molecular weight excluding hydrogens is 691 g/mol. The zero-order chi connectivity index (χ0) is 35.8. The molecule has 0 amide bonds. The van der Waals surface area contributed by atoms with Gasteiger partial charge in [0.05, 0.1) is 11.5 Å². The number of rotatable bonds is 10. The molecular formula is C34H31F9O5S. The fraction of sp³-hybridized carbons (Fsp3) is 0.441. The van der Waals surface area contributed by atoms with Crippen LogP contribution in [0.4, 0.5) is 39.5 Å². The number of hydrogen-bond donors (Lipinski definition) is 0. The molecule has 2 atom stereocenters. The van der Waals surface area contributed by atoms with Crippen molar-refractivity contribution in [3.05, 3.63) is 101 Å². The molecule has 0 radical (unpaired) electrons. The summed E-state index contributed by atoms with van der Waals surface area (Å²) < 4.78 is 165. The van der Waals surface area contributed by atoms with E-state index >= 15 is 0 Å². The first-order valence-electron chi connectivity index (χ1n) is 15.3. The predicted molar refractivity (Wildman–Crippen MR) is 157 cm³/mol. The van der Waals surface area contributed by atoms with E-state index in [4.69, 9.17) is 4.74 Å². The molecule has 0 bridgehead atoms. The van der Waals surface area contributed by atoms with Crippen molar-refractivity contribution in [3.8, 4) is 0 Å². The summed E-state index contributed by atoms with van der Waals surface area (Å²) in [5, 5.41) is 0. The molecule has 1 heterocycles. The van der Waals surface area contributed by atoms with Crippen LogP contribution >= 0.6 is 0 Å². The number of Topliss-reactive ketones (excluding diaryl/α,β-unsaturated/α-hetero) is 1. The summed E-state index contributed by atoms with van der Waals surface area (Å²) in [4.78, 5) is 12.8. The van der Waals surface area contributed by atoms with Crippen LogP contribution in [0.15, 0.2) is 71.6 Å². The van der Waals surface area contributed by atoms with E-state index in [9.17, 15) is 52.7 Å². The standard InChI is InChI=1S/C34H31F9O5S/c35-25-8-10-26(11-9-25)49(45,46)31(15-12-21(19-31)18-30(44)22-13-16-47-17-14-22)23-4-6-24(7-5-23)32(33(38,39)40,34(41,42)43)48-20-27-28(36)2-1-3-29(27)37/h1-11,21-22H,12-20H2. The van der Waals surface area contributed by atoms with E-state index in [1.54, 1.807) is 0 Å². The van der Waals surface area contributed by atoms with Gasteiger partial charge in [-0.1, -0.05) is 30.3 Å². The second-order valence-electron chi connectivity index (χ2n) is 12.4. The van der Waals surface area contributed by atoms with Gasteiger partial charge in [-0.05, 0) is 80.0 Å². The van der Waals surface area contributed by atoms with Crippen molar-refractivity contribution < 1.29 is 62.2 Å². The highest BCUT2D eigenvalue weighted by molar-refractivity contribution is 7.92. The zero-order valence-electron chi connectivity index (χ0n) is 25.7. The number of ketones is 1. The lowest BCUT2D eigenvalue weighted by molar-refractivity contribution is -0.392. The fourth-order valence-corrected chi connectivity index (χ4v) is 9.08. The van der Waals surface area contributed by atoms with Crippen LogP contribution in [0.5, 0.6) is 0 Å². The van der Waals surface area contributed by atoms with Gasteiger partial charge in [0.15, 0.2) is 9.84 Å². The fourth-order valence-electron chi connectivity index (χ4n) is 6.85. The minimum atomic E-state index is -6.20. The van der Waals surface area contributed by atoms with Gasteiger partial charge in [-0.3, -0.25) is 4.79 Å². The van der Waals surface area contributed by atoms with Crippen molar-refractivity contribution in [1.82, 2.24) is 0 Å². The first kappa shape index (κ1) is 36.8. The quantitative estimate of drug-likeness (QED) is 0.155. The van der Waals surface area contributed by atoms with Crippen LogP contribution in [0.3, 0.4) is 0 Å². The highest BCUT2D eigenvalue weighted by atomic mass is 32.2. The van der Waals surface area contributed by atoms with Crippen molar-refractivity contribution in [1.29, 1.82) is 0 Å². The molecule has 1 saturated heterocycles. The number of hydrogen-bond acceptors (Lipinski definition) is 5. The van der Waals surface area contributed by atoms with Gasteiger partial charge in [-0.2, -0.15) is 26.3 Å². The summed E-state index contributed by atoms with van der Waals surface area (Å²) in [5.74, 6) is -4.46. The molecule has 15 heteroatoms. The van der Waals surface area contributed by atoms with E-state index in [0.717, 1.165) is 42.5 Å². The third kappa shape index (κ3) is 6.85. The van der Waals surface area contributed by atoms with Gasteiger partial charge < -0.3 is 9.47 Å². The molecule has 1 aliphatic carbocycles. The Morgan fingerprint density at radius 2 is 1.39 bits per heavy atom. The predicted octanol–water partition coefficient (Wildman–Crippen LogP) is 8.50. The SMILES string of the molecule is O=C(CC1CCC(c2ccc(C(OCc3c(F)cccc3F)(C(F)(F)F)C(F)(F)F)cc2)(S(=O)(=O)c2ccc(F)cc2)C1)C1CCOCC1. The summed E-state index contributed by atoms with van der Waals surface area (Å²) in [7, 11) is -4.48. The van der Waals surface area contributed by atoms with Crippen molar-refractivity contribution in [2.75, 3.05) is 13.2 Å². The van der Waals surface area contributed by atoms with Gasteiger partial charge in [0.2, 0.25) is 0 Å². The van der Waals surface area contributed by atoms with Gasteiger partial charge in [-0.25, -0.2) is 21.6 Å². The zero-order valence-corrected chi connectivity index (χ0v) is 26.5. The summed E-state index contributed by atoms with van der Waals surface area (Å²) in [5.41, 5.74) is -7.88. The average molecular weight is 723 g/mol. The highest BCUT2D eigenvalue weighted by Crippen LogP contribution is 2.55. The Hall–Kier alpha value is -3.43. The lowest BCUT2D eigenvalue weighted by atomic mass is 9.86.